The average molecular weight is 385 g/mol. The predicted molar refractivity (Wildman–Crippen MR) is 98.1 cm³/mol. The molecule has 0 radical (unpaired) electrons. The van der Waals surface area contributed by atoms with Gasteiger partial charge >= 0.3 is 6.03 Å². The molecule has 0 saturated carbocycles. The van der Waals surface area contributed by atoms with Gasteiger partial charge in [-0.1, -0.05) is 28.1 Å². The molecule has 2 amide bonds. The summed E-state index contributed by atoms with van der Waals surface area (Å²) in [5.74, 6) is 0. The zero-order valence-corrected chi connectivity index (χ0v) is 14.7. The normalized spacial score (nSPS) is 14.2. The second-order valence-corrected chi connectivity index (χ2v) is 6.45. The molecular formula is C18H17BrN4O. The van der Waals surface area contributed by atoms with E-state index in [9.17, 15) is 4.79 Å². The molecule has 1 aliphatic rings. The number of hydrogen-bond acceptors (Lipinski definition) is 3. The van der Waals surface area contributed by atoms with Crippen LogP contribution in [0.5, 0.6) is 0 Å². The third-order valence-electron chi connectivity index (χ3n) is 4.05. The van der Waals surface area contributed by atoms with Gasteiger partial charge in [-0.3, -0.25) is 0 Å². The maximum Gasteiger partial charge on any atom is 0.322 e. The number of urea groups is 1. The number of carbonyl (C=O) groups excluding carboxylic acids is 1. The van der Waals surface area contributed by atoms with Crippen molar-refractivity contribution in [2.45, 2.75) is 0 Å². The van der Waals surface area contributed by atoms with E-state index in [0.29, 0.717) is 24.3 Å². The van der Waals surface area contributed by atoms with Crippen molar-refractivity contribution < 1.29 is 4.79 Å². The Morgan fingerprint density at radius 1 is 1.04 bits per heavy atom. The topological polar surface area (TPSA) is 59.4 Å². The van der Waals surface area contributed by atoms with Gasteiger partial charge in [0, 0.05) is 36.3 Å². The smallest absolute Gasteiger partial charge is 0.322 e. The molecular weight excluding hydrogens is 368 g/mol. The molecule has 1 heterocycles. The number of carbonyl (C=O) groups is 1. The molecule has 1 aliphatic heterocycles. The maximum absolute atomic E-state index is 12.4. The van der Waals surface area contributed by atoms with Crippen LogP contribution in [-0.2, 0) is 0 Å². The molecule has 5 nitrogen and oxygen atoms in total. The third-order valence-corrected chi connectivity index (χ3v) is 4.58. The van der Waals surface area contributed by atoms with Crippen LogP contribution >= 0.6 is 15.9 Å². The van der Waals surface area contributed by atoms with Gasteiger partial charge in [-0.05, 0) is 36.4 Å². The van der Waals surface area contributed by atoms with E-state index >= 15 is 0 Å². The minimum absolute atomic E-state index is 0.159. The van der Waals surface area contributed by atoms with Crippen LogP contribution < -0.4 is 10.2 Å². The van der Waals surface area contributed by atoms with Gasteiger partial charge in [-0.15, -0.1) is 0 Å². The first-order chi connectivity index (χ1) is 11.7. The zero-order valence-electron chi connectivity index (χ0n) is 13.1. The van der Waals surface area contributed by atoms with E-state index < -0.39 is 0 Å². The first-order valence-electron chi connectivity index (χ1n) is 7.73. The lowest BCUT2D eigenvalue weighted by molar-refractivity contribution is 0.208. The van der Waals surface area contributed by atoms with Gasteiger partial charge in [-0.2, -0.15) is 5.26 Å². The minimum Gasteiger partial charge on any atom is -0.368 e. The van der Waals surface area contributed by atoms with E-state index in [0.717, 1.165) is 23.2 Å². The van der Waals surface area contributed by atoms with Crippen LogP contribution in [0.2, 0.25) is 0 Å². The zero-order chi connectivity index (χ0) is 16.9. The molecule has 122 valence electrons. The van der Waals surface area contributed by atoms with Crippen molar-refractivity contribution in [2.75, 3.05) is 36.4 Å². The molecule has 2 aromatic rings. The molecule has 2 aromatic carbocycles. The van der Waals surface area contributed by atoms with Crippen molar-refractivity contribution in [1.82, 2.24) is 4.90 Å². The Labute approximate surface area is 149 Å². The Bertz CT molecular complexity index is 761. The van der Waals surface area contributed by atoms with Crippen molar-refractivity contribution in [2.24, 2.45) is 0 Å². The second kappa shape index (κ2) is 7.37. The largest absolute Gasteiger partial charge is 0.368 e. The van der Waals surface area contributed by atoms with Crippen LogP contribution in [0.25, 0.3) is 0 Å². The van der Waals surface area contributed by atoms with E-state index in [4.69, 9.17) is 5.26 Å². The Morgan fingerprint density at radius 3 is 2.38 bits per heavy atom. The lowest BCUT2D eigenvalue weighted by Crippen LogP contribution is -2.50. The minimum atomic E-state index is -0.159. The van der Waals surface area contributed by atoms with E-state index in [2.05, 4.69) is 44.3 Å². The van der Waals surface area contributed by atoms with Gasteiger partial charge < -0.3 is 15.1 Å². The van der Waals surface area contributed by atoms with Crippen LogP contribution in [0.3, 0.4) is 0 Å². The molecule has 0 aliphatic carbocycles. The highest BCUT2D eigenvalue weighted by molar-refractivity contribution is 9.10. The van der Waals surface area contributed by atoms with Crippen molar-refractivity contribution in [1.29, 1.82) is 5.26 Å². The lowest BCUT2D eigenvalue weighted by Gasteiger charge is -2.36. The molecule has 1 N–H and O–H groups in total. The highest BCUT2D eigenvalue weighted by Crippen LogP contribution is 2.20. The summed E-state index contributed by atoms with van der Waals surface area (Å²) >= 11 is 3.44. The van der Waals surface area contributed by atoms with E-state index in [1.54, 1.807) is 23.1 Å². The fourth-order valence-corrected chi connectivity index (χ4v) is 2.97. The lowest BCUT2D eigenvalue weighted by atomic mass is 10.2. The summed E-state index contributed by atoms with van der Waals surface area (Å²) in [5.41, 5.74) is 2.19. The van der Waals surface area contributed by atoms with Gasteiger partial charge in [0.2, 0.25) is 0 Å². The summed E-state index contributed by atoms with van der Waals surface area (Å²) < 4.78 is 1.06. The maximum atomic E-state index is 12.4. The first kappa shape index (κ1) is 16.3. The van der Waals surface area contributed by atoms with Gasteiger partial charge in [0.05, 0.1) is 11.3 Å². The van der Waals surface area contributed by atoms with Gasteiger partial charge in [-0.25, -0.2) is 4.79 Å². The standard InChI is InChI=1S/C18H17BrN4O/c19-15-5-7-16(8-6-15)22-9-11-23(12-10-22)18(24)21-17-4-2-1-3-14(17)13-20/h1-8H,9-12H2,(H,21,24). The highest BCUT2D eigenvalue weighted by Gasteiger charge is 2.21. The summed E-state index contributed by atoms with van der Waals surface area (Å²) in [6.45, 7) is 2.87. The van der Waals surface area contributed by atoms with E-state index in [1.807, 2.05) is 18.2 Å². The molecule has 0 spiro atoms. The number of hydrogen-bond donors (Lipinski definition) is 1. The molecule has 24 heavy (non-hydrogen) atoms. The van der Waals surface area contributed by atoms with Crippen molar-refractivity contribution in [3.05, 3.63) is 58.6 Å². The monoisotopic (exact) mass is 384 g/mol. The van der Waals surface area contributed by atoms with Crippen LogP contribution in [-0.4, -0.2) is 37.1 Å². The number of para-hydroxylation sites is 1. The van der Waals surface area contributed by atoms with Crippen molar-refractivity contribution >= 4 is 33.3 Å². The van der Waals surface area contributed by atoms with Crippen LogP contribution in [0.1, 0.15) is 5.56 Å². The highest BCUT2D eigenvalue weighted by atomic mass is 79.9. The fourth-order valence-electron chi connectivity index (χ4n) is 2.70. The van der Waals surface area contributed by atoms with Gasteiger partial charge in [0.15, 0.2) is 0 Å². The molecule has 0 aromatic heterocycles. The van der Waals surface area contributed by atoms with Crippen molar-refractivity contribution in [3.8, 4) is 6.07 Å². The number of piperazine rings is 1. The molecule has 0 bridgehead atoms. The number of amides is 2. The second-order valence-electron chi connectivity index (χ2n) is 5.54. The van der Waals surface area contributed by atoms with Crippen LogP contribution in [0, 0.1) is 11.3 Å². The van der Waals surface area contributed by atoms with Crippen LogP contribution in [0.4, 0.5) is 16.2 Å². The predicted octanol–water partition coefficient (Wildman–Crippen LogP) is 3.67. The number of anilines is 2. The third kappa shape index (κ3) is 3.69. The Hall–Kier alpha value is -2.52. The Morgan fingerprint density at radius 2 is 1.71 bits per heavy atom. The summed E-state index contributed by atoms with van der Waals surface area (Å²) in [6, 6.07) is 17.1. The number of halogens is 1. The van der Waals surface area contributed by atoms with E-state index in [1.165, 1.54) is 0 Å². The summed E-state index contributed by atoms with van der Waals surface area (Å²) in [4.78, 5) is 16.4. The molecule has 3 rings (SSSR count). The quantitative estimate of drug-likeness (QED) is 0.858. The Kier molecular flexibility index (Phi) is 5.02. The summed E-state index contributed by atoms with van der Waals surface area (Å²) in [7, 11) is 0. The van der Waals surface area contributed by atoms with Crippen molar-refractivity contribution in [3.63, 3.8) is 0 Å². The van der Waals surface area contributed by atoms with Crippen LogP contribution in [0.15, 0.2) is 53.0 Å². The molecule has 6 heteroatoms. The fraction of sp³-hybridized carbons (Fsp3) is 0.222. The molecule has 1 fully saturated rings. The first-order valence-corrected chi connectivity index (χ1v) is 8.52. The molecule has 0 atom stereocenters. The SMILES string of the molecule is N#Cc1ccccc1NC(=O)N1CCN(c2ccc(Br)cc2)CC1. The number of benzene rings is 2. The number of rotatable bonds is 2. The Balaban J connectivity index is 1.59. The molecule has 1 saturated heterocycles. The molecule has 0 unspecified atom stereocenters. The number of nitrogens with zero attached hydrogens (tertiary/aromatic N) is 3. The number of nitriles is 1. The van der Waals surface area contributed by atoms with E-state index in [-0.39, 0.29) is 6.03 Å². The van der Waals surface area contributed by atoms with Gasteiger partial charge in [0.25, 0.3) is 0 Å². The summed E-state index contributed by atoms with van der Waals surface area (Å²) in [6.07, 6.45) is 0. The average Bonchev–Trinajstić information content (AvgIpc) is 2.63. The van der Waals surface area contributed by atoms with Gasteiger partial charge in [0.1, 0.15) is 6.07 Å². The number of nitrogens with one attached hydrogen (secondary N) is 1. The summed E-state index contributed by atoms with van der Waals surface area (Å²) in [5, 5.41) is 11.9.